The molecule has 1 N–H and O–H groups in total. The predicted octanol–water partition coefficient (Wildman–Crippen LogP) is 1.79. The Morgan fingerprint density at radius 3 is 2.43 bits per heavy atom. The van der Waals surface area contributed by atoms with Gasteiger partial charge in [0.05, 0.1) is 12.0 Å². The molecule has 2 saturated heterocycles. The molecule has 2 atom stereocenters. The van der Waals surface area contributed by atoms with Gasteiger partial charge in [0.2, 0.25) is 5.91 Å². The molecule has 1 aromatic carbocycles. The van der Waals surface area contributed by atoms with Crippen LogP contribution in [0.1, 0.15) is 29.6 Å². The van der Waals surface area contributed by atoms with Crippen molar-refractivity contribution >= 4 is 23.4 Å². The Hall–Kier alpha value is -1.59. The second-order valence-corrected chi connectivity index (χ2v) is 6.76. The highest BCUT2D eigenvalue weighted by molar-refractivity contribution is 6.30. The first kappa shape index (κ1) is 16.3. The molecule has 0 spiro atoms. The monoisotopic (exact) mass is 336 g/mol. The van der Waals surface area contributed by atoms with Gasteiger partial charge >= 0.3 is 0 Å². The average molecular weight is 337 g/mol. The number of likely N-dealkylation sites (tertiary alicyclic amines) is 2. The van der Waals surface area contributed by atoms with Gasteiger partial charge in [-0.15, -0.1) is 0 Å². The molecule has 3 rings (SSSR count). The Morgan fingerprint density at radius 1 is 1.04 bits per heavy atom. The fraction of sp³-hybridized carbons (Fsp3) is 0.529. The van der Waals surface area contributed by atoms with Gasteiger partial charge in [0.15, 0.2) is 0 Å². The largest absolute Gasteiger partial charge is 0.391 e. The van der Waals surface area contributed by atoms with Gasteiger partial charge in [-0.25, -0.2) is 0 Å². The lowest BCUT2D eigenvalue weighted by molar-refractivity contribution is -0.136. The van der Waals surface area contributed by atoms with Crippen molar-refractivity contribution in [1.29, 1.82) is 0 Å². The zero-order chi connectivity index (χ0) is 16.4. The van der Waals surface area contributed by atoms with Gasteiger partial charge in [0.1, 0.15) is 0 Å². The Kier molecular flexibility index (Phi) is 4.87. The summed E-state index contributed by atoms with van der Waals surface area (Å²) in [4.78, 5) is 28.6. The molecule has 0 saturated carbocycles. The Labute approximate surface area is 140 Å². The van der Waals surface area contributed by atoms with Gasteiger partial charge in [-0.3, -0.25) is 9.59 Å². The second-order valence-electron chi connectivity index (χ2n) is 6.32. The molecule has 2 heterocycles. The Morgan fingerprint density at radius 2 is 1.78 bits per heavy atom. The molecule has 2 fully saturated rings. The zero-order valence-corrected chi connectivity index (χ0v) is 13.7. The van der Waals surface area contributed by atoms with E-state index in [0.717, 1.165) is 12.8 Å². The van der Waals surface area contributed by atoms with Crippen LogP contribution in [0.15, 0.2) is 24.3 Å². The van der Waals surface area contributed by atoms with Crippen molar-refractivity contribution in [1.82, 2.24) is 9.80 Å². The minimum atomic E-state index is -0.408. The number of amides is 2. The molecule has 0 aliphatic carbocycles. The van der Waals surface area contributed by atoms with Crippen LogP contribution in [0.2, 0.25) is 5.02 Å². The number of rotatable bonds is 2. The summed E-state index contributed by atoms with van der Waals surface area (Å²) in [5.74, 6) is -0.152. The van der Waals surface area contributed by atoms with E-state index in [-0.39, 0.29) is 17.7 Å². The Bertz CT molecular complexity index is 590. The SMILES string of the molecule is O=C(c1ccc(Cl)cc1)N1CCCC(C(=O)N2CC[C@@H](O)C2)C1. The highest BCUT2D eigenvalue weighted by Crippen LogP contribution is 2.23. The fourth-order valence-electron chi connectivity index (χ4n) is 3.34. The highest BCUT2D eigenvalue weighted by atomic mass is 35.5. The number of benzene rings is 1. The smallest absolute Gasteiger partial charge is 0.253 e. The van der Waals surface area contributed by atoms with Gasteiger partial charge in [-0.05, 0) is 43.5 Å². The fourth-order valence-corrected chi connectivity index (χ4v) is 3.46. The van der Waals surface area contributed by atoms with Crippen LogP contribution in [0, 0.1) is 5.92 Å². The molecular formula is C17H21ClN2O3. The molecule has 1 aromatic rings. The third-order valence-corrected chi connectivity index (χ3v) is 4.88. The maximum Gasteiger partial charge on any atom is 0.253 e. The topological polar surface area (TPSA) is 60.9 Å². The molecule has 0 bridgehead atoms. The first-order valence-corrected chi connectivity index (χ1v) is 8.44. The summed E-state index contributed by atoms with van der Waals surface area (Å²) in [6, 6.07) is 6.83. The number of piperidine rings is 1. The molecule has 0 aromatic heterocycles. The summed E-state index contributed by atoms with van der Waals surface area (Å²) < 4.78 is 0. The molecule has 1 unspecified atom stereocenters. The standard InChI is InChI=1S/C17H21ClN2O3/c18-14-5-3-12(4-6-14)16(22)19-8-1-2-13(10-19)17(23)20-9-7-15(21)11-20/h3-6,13,15,21H,1-2,7-11H2/t13?,15-/m1/s1. The normalized spacial score (nSPS) is 24.8. The van der Waals surface area contributed by atoms with Crippen LogP contribution in [0.5, 0.6) is 0 Å². The third kappa shape index (κ3) is 3.67. The van der Waals surface area contributed by atoms with Crippen LogP contribution < -0.4 is 0 Å². The summed E-state index contributed by atoms with van der Waals surface area (Å²) in [6.07, 6.45) is 1.86. The maximum absolute atomic E-state index is 12.6. The Balaban J connectivity index is 1.64. The number of hydrogen-bond acceptors (Lipinski definition) is 3. The molecule has 0 radical (unpaired) electrons. The second kappa shape index (κ2) is 6.89. The van der Waals surface area contributed by atoms with Gasteiger partial charge in [0, 0.05) is 36.8 Å². The van der Waals surface area contributed by atoms with E-state index in [4.69, 9.17) is 11.6 Å². The van der Waals surface area contributed by atoms with Crippen LogP contribution >= 0.6 is 11.6 Å². The number of β-amino-alcohol motifs (C(OH)–C–C–N with tert-alkyl or cyclic N) is 1. The summed E-state index contributed by atoms with van der Waals surface area (Å²) in [6.45, 7) is 2.16. The zero-order valence-electron chi connectivity index (χ0n) is 12.9. The van der Waals surface area contributed by atoms with Crippen molar-refractivity contribution in [2.75, 3.05) is 26.2 Å². The first-order valence-electron chi connectivity index (χ1n) is 8.06. The molecule has 5 nitrogen and oxygen atoms in total. The molecule has 23 heavy (non-hydrogen) atoms. The van der Waals surface area contributed by atoms with Crippen LogP contribution in [-0.4, -0.2) is 59.0 Å². The van der Waals surface area contributed by atoms with Crippen molar-refractivity contribution in [3.8, 4) is 0 Å². The summed E-state index contributed by atoms with van der Waals surface area (Å²) >= 11 is 5.86. The number of carbonyl (C=O) groups excluding carboxylic acids is 2. The number of aliphatic hydroxyl groups is 1. The summed E-state index contributed by atoms with van der Waals surface area (Å²) in [5.41, 5.74) is 0.596. The van der Waals surface area contributed by atoms with Crippen LogP contribution in [0.3, 0.4) is 0 Å². The number of hydrogen-bond donors (Lipinski definition) is 1. The number of halogens is 1. The van der Waals surface area contributed by atoms with Crippen LogP contribution in [0.4, 0.5) is 0 Å². The van der Waals surface area contributed by atoms with Crippen LogP contribution in [0.25, 0.3) is 0 Å². The van der Waals surface area contributed by atoms with Crippen molar-refractivity contribution in [2.24, 2.45) is 5.92 Å². The van der Waals surface area contributed by atoms with Gasteiger partial charge in [0.25, 0.3) is 5.91 Å². The molecule has 124 valence electrons. The van der Waals surface area contributed by atoms with Gasteiger partial charge in [-0.2, -0.15) is 0 Å². The maximum atomic E-state index is 12.6. The lowest BCUT2D eigenvalue weighted by Gasteiger charge is -2.34. The minimum absolute atomic E-state index is 0.0550. The number of carbonyl (C=O) groups is 2. The van der Waals surface area contributed by atoms with E-state index in [1.807, 2.05) is 0 Å². The lowest BCUT2D eigenvalue weighted by atomic mass is 9.96. The third-order valence-electron chi connectivity index (χ3n) is 4.62. The molecule has 2 aliphatic heterocycles. The van der Waals surface area contributed by atoms with Gasteiger partial charge < -0.3 is 14.9 Å². The van der Waals surface area contributed by atoms with E-state index < -0.39 is 6.10 Å². The average Bonchev–Trinajstić information content (AvgIpc) is 3.01. The minimum Gasteiger partial charge on any atom is -0.391 e. The van der Waals surface area contributed by atoms with E-state index >= 15 is 0 Å². The number of nitrogens with zero attached hydrogens (tertiary/aromatic N) is 2. The van der Waals surface area contributed by atoms with E-state index in [1.54, 1.807) is 34.1 Å². The quantitative estimate of drug-likeness (QED) is 0.895. The van der Waals surface area contributed by atoms with Gasteiger partial charge in [-0.1, -0.05) is 11.6 Å². The highest BCUT2D eigenvalue weighted by Gasteiger charge is 2.34. The van der Waals surface area contributed by atoms with E-state index in [1.165, 1.54) is 0 Å². The summed E-state index contributed by atoms with van der Waals surface area (Å²) in [5, 5.41) is 10.2. The van der Waals surface area contributed by atoms with Crippen molar-refractivity contribution < 1.29 is 14.7 Å². The van der Waals surface area contributed by atoms with E-state index in [2.05, 4.69) is 0 Å². The molecular weight excluding hydrogens is 316 g/mol. The lowest BCUT2D eigenvalue weighted by Crippen LogP contribution is -2.46. The molecule has 2 amide bonds. The van der Waals surface area contributed by atoms with E-state index in [9.17, 15) is 14.7 Å². The number of aliphatic hydroxyl groups excluding tert-OH is 1. The first-order chi connectivity index (χ1) is 11.0. The molecule has 6 heteroatoms. The van der Waals surface area contributed by atoms with Crippen molar-refractivity contribution in [3.63, 3.8) is 0 Å². The van der Waals surface area contributed by atoms with Crippen molar-refractivity contribution in [3.05, 3.63) is 34.9 Å². The summed E-state index contributed by atoms with van der Waals surface area (Å²) in [7, 11) is 0. The van der Waals surface area contributed by atoms with Crippen LogP contribution in [-0.2, 0) is 4.79 Å². The van der Waals surface area contributed by atoms with Crippen molar-refractivity contribution in [2.45, 2.75) is 25.4 Å². The predicted molar refractivity (Wildman–Crippen MR) is 87.3 cm³/mol. The van der Waals surface area contributed by atoms with E-state index in [0.29, 0.717) is 43.2 Å². The molecule has 2 aliphatic rings.